The molecule has 0 nitrogen and oxygen atoms in total. The molecule has 98 valence electrons. The van der Waals surface area contributed by atoms with Gasteiger partial charge in [-0.2, -0.15) is 0 Å². The van der Waals surface area contributed by atoms with Gasteiger partial charge in [0.15, 0.2) is 0 Å². The molecular weight excluding hydrogens is 268 g/mol. The Labute approximate surface area is 123 Å². The lowest BCUT2D eigenvalue weighted by atomic mass is 10.1. The minimum atomic E-state index is 0.744. The van der Waals surface area contributed by atoms with Gasteiger partial charge in [-0.15, -0.1) is 11.3 Å². The first-order chi connectivity index (χ1) is 9.19. The van der Waals surface area contributed by atoms with Gasteiger partial charge in [-0.1, -0.05) is 42.6 Å². The van der Waals surface area contributed by atoms with Gasteiger partial charge in [-0.25, -0.2) is 0 Å². The number of thioether (sulfide) groups is 1. The normalized spacial score (nSPS) is 24.9. The maximum atomic E-state index is 4.30. The highest BCUT2D eigenvalue weighted by atomic mass is 32.2. The molecule has 2 aliphatic rings. The highest BCUT2D eigenvalue weighted by Gasteiger charge is 2.40. The Bertz CT molecular complexity index is 599. The van der Waals surface area contributed by atoms with Gasteiger partial charge in [0.05, 0.1) is 0 Å². The van der Waals surface area contributed by atoms with E-state index in [0.29, 0.717) is 0 Å². The van der Waals surface area contributed by atoms with E-state index in [0.717, 1.165) is 11.8 Å². The molecule has 2 aliphatic carbocycles. The van der Waals surface area contributed by atoms with Crippen molar-refractivity contribution in [3.8, 4) is 0 Å². The lowest BCUT2D eigenvalue weighted by molar-refractivity contribution is 0.934. The predicted octanol–water partition coefficient (Wildman–Crippen LogP) is 5.80. The van der Waals surface area contributed by atoms with Crippen molar-refractivity contribution in [2.75, 3.05) is 0 Å². The van der Waals surface area contributed by atoms with Crippen LogP contribution in [0.5, 0.6) is 0 Å². The molecule has 2 unspecified atom stereocenters. The highest BCUT2D eigenvalue weighted by molar-refractivity contribution is 8.12. The summed E-state index contributed by atoms with van der Waals surface area (Å²) in [5, 5.41) is 0. The van der Waals surface area contributed by atoms with E-state index in [1.807, 2.05) is 23.1 Å². The van der Waals surface area contributed by atoms with Crippen LogP contribution >= 0.6 is 23.1 Å². The number of allylic oxidation sites excluding steroid dienone is 5. The highest BCUT2D eigenvalue weighted by Crippen LogP contribution is 2.52. The van der Waals surface area contributed by atoms with Gasteiger partial charge >= 0.3 is 0 Å². The average Bonchev–Trinajstić information content (AvgIpc) is 3.09. The van der Waals surface area contributed by atoms with E-state index in [-0.39, 0.29) is 0 Å². The summed E-state index contributed by atoms with van der Waals surface area (Å²) in [6, 6.07) is 4.40. The zero-order valence-corrected chi connectivity index (χ0v) is 13.0. The molecule has 2 atom stereocenters. The van der Waals surface area contributed by atoms with E-state index in [9.17, 15) is 0 Å². The maximum Gasteiger partial charge on any atom is 0.0409 e. The van der Waals surface area contributed by atoms with Crippen molar-refractivity contribution in [2.45, 2.75) is 20.3 Å². The zero-order chi connectivity index (χ0) is 13.4. The molecule has 0 aliphatic heterocycles. The second kappa shape index (κ2) is 5.18. The van der Waals surface area contributed by atoms with Crippen molar-refractivity contribution in [1.82, 2.24) is 0 Å². The molecule has 19 heavy (non-hydrogen) atoms. The Kier molecular flexibility index (Phi) is 3.55. The number of thiophene rings is 1. The smallest absolute Gasteiger partial charge is 0.0409 e. The van der Waals surface area contributed by atoms with Crippen LogP contribution in [0.1, 0.15) is 23.1 Å². The molecule has 3 rings (SSSR count). The molecule has 0 N–H and O–H groups in total. The molecule has 0 spiro atoms. The molecule has 0 saturated heterocycles. The summed E-state index contributed by atoms with van der Waals surface area (Å²) in [4.78, 5) is 5.26. The van der Waals surface area contributed by atoms with Crippen molar-refractivity contribution in [3.05, 3.63) is 63.2 Å². The summed E-state index contributed by atoms with van der Waals surface area (Å²) in [6.07, 6.45) is 10.3. The first kappa shape index (κ1) is 13.0. The Hall–Kier alpha value is -0.990. The molecule has 1 saturated carbocycles. The standard InChI is InChI=1S/C17H18S2/c1-4-16(17-9-8-11(2)18-17)19-12(3)14-7-5-6-13-10-15(13)14/h4-9,13,15H,3,10H2,1-2H3/b16-4-. The SMILES string of the molecule is C=C(S/C(=C\C)c1ccc(C)s1)C1=CC=CC2CC12. The Balaban J connectivity index is 1.75. The second-order valence-corrected chi connectivity index (χ2v) is 7.53. The van der Waals surface area contributed by atoms with Crippen molar-refractivity contribution in [3.63, 3.8) is 0 Å². The second-order valence-electron chi connectivity index (χ2n) is 5.10. The summed E-state index contributed by atoms with van der Waals surface area (Å²) in [5.41, 5.74) is 1.45. The zero-order valence-electron chi connectivity index (χ0n) is 11.3. The number of aryl methyl sites for hydroxylation is 1. The van der Waals surface area contributed by atoms with Crippen LogP contribution in [0, 0.1) is 18.8 Å². The summed E-state index contributed by atoms with van der Waals surface area (Å²) in [7, 11) is 0. The molecule has 0 amide bonds. The number of hydrogen-bond donors (Lipinski definition) is 0. The van der Waals surface area contributed by atoms with Gasteiger partial charge in [0.25, 0.3) is 0 Å². The van der Waals surface area contributed by atoms with Crippen LogP contribution < -0.4 is 0 Å². The molecule has 0 bridgehead atoms. The molecule has 1 aromatic rings. The maximum absolute atomic E-state index is 4.30. The molecule has 0 aromatic carbocycles. The average molecular weight is 286 g/mol. The number of rotatable bonds is 4. The summed E-state index contributed by atoms with van der Waals surface area (Å²) < 4.78 is 0. The fraction of sp³-hybridized carbons (Fsp3) is 0.294. The number of fused-ring (bicyclic) bond motifs is 1. The summed E-state index contributed by atoms with van der Waals surface area (Å²) in [5.74, 6) is 1.53. The molecule has 1 aromatic heterocycles. The van der Waals surface area contributed by atoms with E-state index < -0.39 is 0 Å². The van der Waals surface area contributed by atoms with Crippen LogP contribution in [0.3, 0.4) is 0 Å². The molecular formula is C17H18S2. The van der Waals surface area contributed by atoms with Crippen LogP contribution in [-0.2, 0) is 0 Å². The summed E-state index contributed by atoms with van der Waals surface area (Å²) >= 11 is 3.68. The van der Waals surface area contributed by atoms with Crippen LogP contribution in [-0.4, -0.2) is 0 Å². The quantitative estimate of drug-likeness (QED) is 0.674. The van der Waals surface area contributed by atoms with Crippen molar-refractivity contribution < 1.29 is 0 Å². The first-order valence-electron chi connectivity index (χ1n) is 6.67. The lowest BCUT2D eigenvalue weighted by Gasteiger charge is -2.13. The largest absolute Gasteiger partial charge is 0.140 e. The van der Waals surface area contributed by atoms with Crippen molar-refractivity contribution in [2.24, 2.45) is 11.8 Å². The van der Waals surface area contributed by atoms with Gasteiger partial charge < -0.3 is 0 Å². The minimum Gasteiger partial charge on any atom is -0.140 e. The third kappa shape index (κ3) is 2.65. The summed E-state index contributed by atoms with van der Waals surface area (Å²) in [6.45, 7) is 8.57. The number of hydrogen-bond acceptors (Lipinski definition) is 2. The Morgan fingerprint density at radius 1 is 1.47 bits per heavy atom. The van der Waals surface area contributed by atoms with E-state index in [2.05, 4.69) is 56.9 Å². The van der Waals surface area contributed by atoms with Gasteiger partial charge in [0, 0.05) is 19.6 Å². The van der Waals surface area contributed by atoms with Gasteiger partial charge in [0.1, 0.15) is 0 Å². The van der Waals surface area contributed by atoms with E-state index in [4.69, 9.17) is 0 Å². The van der Waals surface area contributed by atoms with E-state index in [1.54, 1.807) is 0 Å². The van der Waals surface area contributed by atoms with Crippen LogP contribution in [0.4, 0.5) is 0 Å². The molecule has 1 fully saturated rings. The Morgan fingerprint density at radius 3 is 3.00 bits per heavy atom. The fourth-order valence-electron chi connectivity index (χ4n) is 2.52. The Morgan fingerprint density at radius 2 is 2.32 bits per heavy atom. The van der Waals surface area contributed by atoms with Gasteiger partial charge in [-0.3, -0.25) is 0 Å². The minimum absolute atomic E-state index is 0.744. The van der Waals surface area contributed by atoms with Crippen molar-refractivity contribution >= 4 is 28.0 Å². The van der Waals surface area contributed by atoms with E-state index >= 15 is 0 Å². The monoisotopic (exact) mass is 286 g/mol. The predicted molar refractivity (Wildman–Crippen MR) is 88.3 cm³/mol. The third-order valence-electron chi connectivity index (χ3n) is 3.67. The first-order valence-corrected chi connectivity index (χ1v) is 8.31. The fourth-order valence-corrected chi connectivity index (χ4v) is 4.50. The molecule has 1 heterocycles. The van der Waals surface area contributed by atoms with Crippen LogP contribution in [0.2, 0.25) is 0 Å². The third-order valence-corrected chi connectivity index (χ3v) is 5.99. The van der Waals surface area contributed by atoms with Gasteiger partial charge in [-0.05, 0) is 49.8 Å². The van der Waals surface area contributed by atoms with Crippen LogP contribution in [0.15, 0.2) is 53.5 Å². The topological polar surface area (TPSA) is 0 Å². The molecule has 2 heteroatoms. The van der Waals surface area contributed by atoms with E-state index in [1.165, 1.54) is 31.6 Å². The van der Waals surface area contributed by atoms with Crippen LogP contribution in [0.25, 0.3) is 4.91 Å². The van der Waals surface area contributed by atoms with Gasteiger partial charge in [0.2, 0.25) is 0 Å². The van der Waals surface area contributed by atoms with Crippen molar-refractivity contribution in [1.29, 1.82) is 0 Å². The molecule has 0 radical (unpaired) electrons. The lowest BCUT2D eigenvalue weighted by Crippen LogP contribution is -1.93.